The third kappa shape index (κ3) is 3.20. The van der Waals surface area contributed by atoms with E-state index in [4.69, 9.17) is 10.5 Å². The van der Waals surface area contributed by atoms with E-state index in [-0.39, 0.29) is 11.9 Å². The Morgan fingerprint density at radius 2 is 1.91 bits per heavy atom. The normalized spacial score (nSPS) is 14.9. The average Bonchev–Trinajstić information content (AvgIpc) is 3.14. The fourth-order valence-corrected chi connectivity index (χ4v) is 4.17. The molecule has 2 aromatic rings. The monoisotopic (exact) mass is 330 g/mol. The predicted octanol–water partition coefficient (Wildman–Crippen LogP) is 3.99. The highest BCUT2D eigenvalue weighted by atomic mass is 32.1. The molecule has 1 amide bonds. The lowest BCUT2D eigenvalue weighted by atomic mass is 10.0. The van der Waals surface area contributed by atoms with Gasteiger partial charge in [-0.2, -0.15) is 0 Å². The van der Waals surface area contributed by atoms with E-state index in [1.807, 2.05) is 31.2 Å². The minimum atomic E-state index is -0.0513. The van der Waals surface area contributed by atoms with E-state index in [9.17, 15) is 4.79 Å². The largest absolute Gasteiger partial charge is 0.497 e. The van der Waals surface area contributed by atoms with Crippen molar-refractivity contribution in [3.05, 3.63) is 34.7 Å². The molecule has 1 aromatic carbocycles. The molecule has 0 unspecified atom stereocenters. The molecule has 122 valence electrons. The lowest BCUT2D eigenvalue weighted by Gasteiger charge is -2.13. The number of amides is 1. The summed E-state index contributed by atoms with van der Waals surface area (Å²) in [4.78, 5) is 13.8. The minimum absolute atomic E-state index is 0.0513. The van der Waals surface area contributed by atoms with Crippen molar-refractivity contribution in [3.8, 4) is 16.9 Å². The highest BCUT2D eigenvalue weighted by Crippen LogP contribution is 2.38. The van der Waals surface area contributed by atoms with Crippen LogP contribution < -0.4 is 15.8 Å². The average molecular weight is 330 g/mol. The third-order valence-corrected chi connectivity index (χ3v) is 5.34. The number of methoxy groups -OCH3 is 1. The summed E-state index contributed by atoms with van der Waals surface area (Å²) < 4.78 is 5.21. The number of ether oxygens (including phenoxy) is 1. The van der Waals surface area contributed by atoms with E-state index >= 15 is 0 Å². The van der Waals surface area contributed by atoms with Crippen LogP contribution in [0.5, 0.6) is 5.75 Å². The highest BCUT2D eigenvalue weighted by Gasteiger charge is 2.25. The molecule has 1 fully saturated rings. The van der Waals surface area contributed by atoms with Gasteiger partial charge in [-0.1, -0.05) is 25.0 Å². The van der Waals surface area contributed by atoms with Gasteiger partial charge in [-0.15, -0.1) is 11.3 Å². The van der Waals surface area contributed by atoms with Crippen LogP contribution in [0.2, 0.25) is 0 Å². The van der Waals surface area contributed by atoms with Crippen molar-refractivity contribution in [2.75, 3.05) is 12.8 Å². The summed E-state index contributed by atoms with van der Waals surface area (Å²) in [6, 6.07) is 8.04. The zero-order valence-electron chi connectivity index (χ0n) is 13.5. The first kappa shape index (κ1) is 15.9. The van der Waals surface area contributed by atoms with Gasteiger partial charge in [-0.05, 0) is 37.5 Å². The molecule has 1 aliphatic rings. The number of nitrogen functional groups attached to an aromatic ring is 1. The second kappa shape index (κ2) is 6.62. The Labute approximate surface area is 140 Å². The smallest absolute Gasteiger partial charge is 0.255 e. The number of carbonyl (C=O) groups excluding carboxylic acids is 1. The van der Waals surface area contributed by atoms with Gasteiger partial charge in [0.05, 0.1) is 17.7 Å². The molecule has 1 aromatic heterocycles. The van der Waals surface area contributed by atoms with Gasteiger partial charge in [-0.3, -0.25) is 4.79 Å². The molecule has 23 heavy (non-hydrogen) atoms. The van der Waals surface area contributed by atoms with Gasteiger partial charge in [0.25, 0.3) is 5.91 Å². The molecule has 0 aliphatic heterocycles. The number of nitrogens with one attached hydrogen (secondary N) is 1. The maximum Gasteiger partial charge on any atom is 0.255 e. The van der Waals surface area contributed by atoms with E-state index in [0.717, 1.165) is 34.6 Å². The van der Waals surface area contributed by atoms with Crippen molar-refractivity contribution in [1.82, 2.24) is 5.32 Å². The summed E-state index contributed by atoms with van der Waals surface area (Å²) >= 11 is 1.47. The van der Waals surface area contributed by atoms with Gasteiger partial charge < -0.3 is 15.8 Å². The van der Waals surface area contributed by atoms with E-state index in [0.29, 0.717) is 10.6 Å². The van der Waals surface area contributed by atoms with E-state index in [1.165, 1.54) is 24.2 Å². The first-order valence-corrected chi connectivity index (χ1v) is 8.76. The fraction of sp³-hybridized carbons (Fsp3) is 0.389. The quantitative estimate of drug-likeness (QED) is 0.891. The Kier molecular flexibility index (Phi) is 4.57. The summed E-state index contributed by atoms with van der Waals surface area (Å²) in [5.41, 5.74) is 8.69. The van der Waals surface area contributed by atoms with Crippen LogP contribution in [-0.2, 0) is 0 Å². The number of rotatable bonds is 4. The third-order valence-electron chi connectivity index (χ3n) is 4.41. The van der Waals surface area contributed by atoms with Crippen LogP contribution in [0.25, 0.3) is 11.1 Å². The molecule has 1 heterocycles. The molecule has 5 heteroatoms. The van der Waals surface area contributed by atoms with E-state index in [1.54, 1.807) is 7.11 Å². The van der Waals surface area contributed by atoms with Crippen molar-refractivity contribution in [2.24, 2.45) is 0 Å². The zero-order valence-corrected chi connectivity index (χ0v) is 14.3. The van der Waals surface area contributed by atoms with Crippen LogP contribution in [0.4, 0.5) is 5.00 Å². The van der Waals surface area contributed by atoms with Gasteiger partial charge in [-0.25, -0.2) is 0 Å². The SMILES string of the molecule is COc1ccc(-c2c(C)sc(N)c2C(=O)NC2CCCC2)cc1. The number of anilines is 1. The topological polar surface area (TPSA) is 64.3 Å². The van der Waals surface area contributed by atoms with Gasteiger partial charge in [0.15, 0.2) is 0 Å². The van der Waals surface area contributed by atoms with Crippen molar-refractivity contribution in [1.29, 1.82) is 0 Å². The number of hydrogen-bond acceptors (Lipinski definition) is 4. The van der Waals surface area contributed by atoms with Crippen LogP contribution in [0, 0.1) is 6.92 Å². The highest BCUT2D eigenvalue weighted by molar-refractivity contribution is 7.16. The Balaban J connectivity index is 1.94. The summed E-state index contributed by atoms with van der Waals surface area (Å²) in [5, 5.41) is 3.73. The molecule has 3 N–H and O–H groups in total. The van der Waals surface area contributed by atoms with Gasteiger partial charge in [0.1, 0.15) is 5.75 Å². The number of carbonyl (C=O) groups is 1. The maximum absolute atomic E-state index is 12.7. The Bertz CT molecular complexity index is 701. The molecule has 0 saturated heterocycles. The van der Waals surface area contributed by atoms with E-state index in [2.05, 4.69) is 5.32 Å². The molecular formula is C18H22N2O2S. The van der Waals surface area contributed by atoms with Crippen molar-refractivity contribution in [3.63, 3.8) is 0 Å². The number of hydrogen-bond donors (Lipinski definition) is 2. The number of thiophene rings is 1. The number of aryl methyl sites for hydroxylation is 1. The van der Waals surface area contributed by atoms with Crippen molar-refractivity contribution < 1.29 is 9.53 Å². The molecule has 0 radical (unpaired) electrons. The standard InChI is InChI=1S/C18H22N2O2S/c1-11-15(12-7-9-14(22-2)10-8-12)16(17(19)23-11)18(21)20-13-5-3-4-6-13/h7-10,13H,3-6,19H2,1-2H3,(H,20,21). The molecule has 0 spiro atoms. The predicted molar refractivity (Wildman–Crippen MR) is 95.2 cm³/mol. The molecule has 0 bridgehead atoms. The lowest BCUT2D eigenvalue weighted by molar-refractivity contribution is 0.0940. The Morgan fingerprint density at radius 1 is 1.26 bits per heavy atom. The molecular weight excluding hydrogens is 308 g/mol. The Morgan fingerprint density at radius 3 is 2.52 bits per heavy atom. The van der Waals surface area contributed by atoms with Crippen LogP contribution >= 0.6 is 11.3 Å². The molecule has 0 atom stereocenters. The molecule has 4 nitrogen and oxygen atoms in total. The summed E-state index contributed by atoms with van der Waals surface area (Å²) in [7, 11) is 1.64. The molecule has 1 saturated carbocycles. The molecule has 3 rings (SSSR count). The summed E-state index contributed by atoms with van der Waals surface area (Å²) in [5.74, 6) is 0.746. The number of benzene rings is 1. The Hall–Kier alpha value is -2.01. The zero-order chi connectivity index (χ0) is 16.4. The van der Waals surface area contributed by atoms with Gasteiger partial charge in [0, 0.05) is 16.5 Å². The lowest BCUT2D eigenvalue weighted by Crippen LogP contribution is -2.33. The molecule has 1 aliphatic carbocycles. The van der Waals surface area contributed by atoms with Gasteiger partial charge in [0.2, 0.25) is 0 Å². The van der Waals surface area contributed by atoms with Crippen LogP contribution in [0.1, 0.15) is 40.9 Å². The first-order valence-electron chi connectivity index (χ1n) is 7.94. The van der Waals surface area contributed by atoms with Crippen LogP contribution in [0.15, 0.2) is 24.3 Å². The second-order valence-electron chi connectivity index (χ2n) is 5.96. The van der Waals surface area contributed by atoms with Crippen molar-refractivity contribution >= 4 is 22.2 Å². The number of nitrogens with two attached hydrogens (primary N) is 1. The second-order valence-corrected chi connectivity index (χ2v) is 7.21. The summed E-state index contributed by atoms with van der Waals surface area (Å²) in [6.07, 6.45) is 4.50. The maximum atomic E-state index is 12.7. The van der Waals surface area contributed by atoms with Gasteiger partial charge >= 0.3 is 0 Å². The van der Waals surface area contributed by atoms with Crippen molar-refractivity contribution in [2.45, 2.75) is 38.6 Å². The van der Waals surface area contributed by atoms with Crippen LogP contribution in [0.3, 0.4) is 0 Å². The fourth-order valence-electron chi connectivity index (χ4n) is 3.22. The first-order chi connectivity index (χ1) is 11.1. The van der Waals surface area contributed by atoms with E-state index < -0.39 is 0 Å². The minimum Gasteiger partial charge on any atom is -0.497 e. The summed E-state index contributed by atoms with van der Waals surface area (Å²) in [6.45, 7) is 2.01. The van der Waals surface area contributed by atoms with Crippen LogP contribution in [-0.4, -0.2) is 19.1 Å².